The number of aromatic nitrogens is 1. The molecule has 1 aromatic carbocycles. The van der Waals surface area contributed by atoms with Gasteiger partial charge in [0.05, 0.1) is 17.0 Å². The van der Waals surface area contributed by atoms with Crippen LogP contribution in [-0.2, 0) is 15.3 Å². The zero-order valence-corrected chi connectivity index (χ0v) is 15.0. The lowest BCUT2D eigenvalue weighted by atomic mass is 10.2. The molecule has 2 rings (SSSR count). The maximum atomic E-state index is 12.4. The van der Waals surface area contributed by atoms with E-state index in [2.05, 4.69) is 17.1 Å². The molecule has 1 amide bonds. The molecule has 0 fully saturated rings. The maximum absolute atomic E-state index is 12.4. The average molecular weight is 360 g/mol. The fourth-order valence-electron chi connectivity index (χ4n) is 1.99. The summed E-state index contributed by atoms with van der Waals surface area (Å²) in [6.07, 6.45) is 0.672. The number of rotatable bonds is 8. The number of hydrogen-bond acceptors (Lipinski definition) is 6. The van der Waals surface area contributed by atoms with Crippen LogP contribution in [0.3, 0.4) is 0 Å². The minimum Gasteiger partial charge on any atom is -0.449 e. The molecule has 132 valence electrons. The first-order chi connectivity index (χ1) is 12.0. The Labute approximate surface area is 150 Å². The van der Waals surface area contributed by atoms with Crippen molar-refractivity contribution in [3.05, 3.63) is 60.0 Å². The minimum atomic E-state index is -0.887. The molecule has 1 aromatic heterocycles. The van der Waals surface area contributed by atoms with E-state index >= 15 is 0 Å². The Hall–Kier alpha value is -2.54. The van der Waals surface area contributed by atoms with E-state index in [0.717, 1.165) is 16.3 Å². The summed E-state index contributed by atoms with van der Waals surface area (Å²) in [4.78, 5) is 25.0. The predicted molar refractivity (Wildman–Crippen MR) is 95.3 cm³/mol. The molecule has 2 aromatic rings. The first-order valence-corrected chi connectivity index (χ1v) is 8.73. The van der Waals surface area contributed by atoms with Gasteiger partial charge in [0.1, 0.15) is 5.76 Å². The monoisotopic (exact) mass is 360 g/mol. The van der Waals surface area contributed by atoms with Gasteiger partial charge in [-0.3, -0.25) is 4.79 Å². The van der Waals surface area contributed by atoms with Crippen LogP contribution in [0.5, 0.6) is 0 Å². The molecular formula is C18H20N2O4S. The van der Waals surface area contributed by atoms with Gasteiger partial charge < -0.3 is 14.6 Å². The molecule has 0 unspecified atom stereocenters. The number of amides is 1. The van der Waals surface area contributed by atoms with Crippen molar-refractivity contribution >= 4 is 23.6 Å². The highest BCUT2D eigenvalue weighted by Gasteiger charge is 2.20. The molecule has 1 heterocycles. The lowest BCUT2D eigenvalue weighted by Crippen LogP contribution is -2.35. The van der Waals surface area contributed by atoms with Gasteiger partial charge in [-0.25, -0.2) is 4.79 Å². The highest BCUT2D eigenvalue weighted by Crippen LogP contribution is 2.27. The zero-order chi connectivity index (χ0) is 18.2. The second kappa shape index (κ2) is 9.08. The number of carbonyl (C=O) groups excluding carboxylic acids is 2. The number of hydrogen-bond donors (Lipinski definition) is 1. The van der Waals surface area contributed by atoms with Crippen molar-refractivity contribution in [1.29, 1.82) is 0 Å². The number of esters is 1. The van der Waals surface area contributed by atoms with E-state index in [1.807, 2.05) is 25.1 Å². The number of thioether (sulfide) groups is 1. The van der Waals surface area contributed by atoms with E-state index in [0.29, 0.717) is 17.9 Å². The number of carbonyl (C=O) groups is 2. The summed E-state index contributed by atoms with van der Waals surface area (Å²) >= 11 is 1.44. The minimum absolute atomic E-state index is 0.323. The first kappa shape index (κ1) is 18.8. The molecule has 0 aliphatic carbocycles. The average Bonchev–Trinajstić information content (AvgIpc) is 3.03. The fourth-order valence-corrected chi connectivity index (χ4v) is 2.90. The molecule has 0 spiro atoms. The number of benzene rings is 1. The van der Waals surface area contributed by atoms with Gasteiger partial charge in [-0.1, -0.05) is 23.4 Å². The molecule has 0 bridgehead atoms. The van der Waals surface area contributed by atoms with E-state index in [1.165, 1.54) is 18.7 Å². The highest BCUT2D eigenvalue weighted by atomic mass is 32.2. The van der Waals surface area contributed by atoms with Crippen molar-refractivity contribution in [2.45, 2.75) is 30.6 Å². The van der Waals surface area contributed by atoms with Crippen LogP contribution in [0, 0.1) is 6.92 Å². The van der Waals surface area contributed by atoms with E-state index in [1.54, 1.807) is 18.2 Å². The lowest BCUT2D eigenvalue weighted by molar-refractivity contribution is -0.128. The Balaban J connectivity index is 2.01. The van der Waals surface area contributed by atoms with Gasteiger partial charge in [-0.15, -0.1) is 18.3 Å². The summed E-state index contributed by atoms with van der Waals surface area (Å²) < 4.78 is 10.4. The van der Waals surface area contributed by atoms with Crippen LogP contribution >= 0.6 is 11.8 Å². The number of nitrogens with zero attached hydrogens (tertiary/aromatic N) is 1. The third-order valence-corrected chi connectivity index (χ3v) is 4.32. The molecule has 0 aliphatic heterocycles. The van der Waals surface area contributed by atoms with Gasteiger partial charge in [0.15, 0.2) is 6.10 Å². The molecule has 6 nitrogen and oxygen atoms in total. The molecule has 0 radical (unpaired) electrons. The van der Waals surface area contributed by atoms with E-state index < -0.39 is 12.1 Å². The smallest absolute Gasteiger partial charge is 0.340 e. The molecule has 0 saturated heterocycles. The van der Waals surface area contributed by atoms with Gasteiger partial charge in [-0.2, -0.15) is 0 Å². The standard InChI is InChI=1S/C18H20N2O4S/c1-4-9-19-17(21)13(3)23-18(22)15-7-5-6-8-16(15)25-11-14-10-12(2)20-24-14/h4-8,10,13H,1,9,11H2,2-3H3,(H,19,21)/t13-/m0/s1. The summed E-state index contributed by atoms with van der Waals surface area (Å²) in [5.74, 6) is 0.358. The van der Waals surface area contributed by atoms with Crippen molar-refractivity contribution in [3.8, 4) is 0 Å². The van der Waals surface area contributed by atoms with Crippen LogP contribution in [0.25, 0.3) is 0 Å². The topological polar surface area (TPSA) is 81.4 Å². The molecule has 1 atom stereocenters. The first-order valence-electron chi connectivity index (χ1n) is 7.75. The van der Waals surface area contributed by atoms with Crippen molar-refractivity contribution < 1.29 is 18.8 Å². The number of aryl methyl sites for hydroxylation is 1. The van der Waals surface area contributed by atoms with Crippen molar-refractivity contribution in [3.63, 3.8) is 0 Å². The maximum Gasteiger partial charge on any atom is 0.340 e. The molecular weight excluding hydrogens is 340 g/mol. The van der Waals surface area contributed by atoms with E-state index in [-0.39, 0.29) is 5.91 Å². The van der Waals surface area contributed by atoms with Gasteiger partial charge in [0.2, 0.25) is 0 Å². The second-order valence-electron chi connectivity index (χ2n) is 5.30. The third-order valence-electron chi connectivity index (χ3n) is 3.23. The largest absolute Gasteiger partial charge is 0.449 e. The Bertz CT molecular complexity index is 757. The Morgan fingerprint density at radius 2 is 2.20 bits per heavy atom. The Morgan fingerprint density at radius 1 is 1.44 bits per heavy atom. The molecule has 1 N–H and O–H groups in total. The van der Waals surface area contributed by atoms with Gasteiger partial charge in [-0.05, 0) is 26.0 Å². The summed E-state index contributed by atoms with van der Waals surface area (Å²) in [7, 11) is 0. The van der Waals surface area contributed by atoms with Crippen LogP contribution in [-0.4, -0.2) is 29.7 Å². The van der Waals surface area contributed by atoms with Crippen molar-refractivity contribution in [1.82, 2.24) is 10.5 Å². The van der Waals surface area contributed by atoms with Crippen LogP contribution in [0.1, 0.15) is 28.7 Å². The molecule has 7 heteroatoms. The summed E-state index contributed by atoms with van der Waals surface area (Å²) in [6.45, 7) is 7.22. The van der Waals surface area contributed by atoms with Crippen LogP contribution in [0.15, 0.2) is 52.4 Å². The number of ether oxygens (including phenoxy) is 1. The third kappa shape index (κ3) is 5.49. The Morgan fingerprint density at radius 3 is 2.88 bits per heavy atom. The van der Waals surface area contributed by atoms with E-state index in [4.69, 9.17) is 9.26 Å². The van der Waals surface area contributed by atoms with Gasteiger partial charge in [0, 0.05) is 17.5 Å². The normalized spacial score (nSPS) is 11.6. The SMILES string of the molecule is C=CCNC(=O)[C@H](C)OC(=O)c1ccccc1SCc1cc(C)no1. The quantitative estimate of drug-likeness (QED) is 0.442. The van der Waals surface area contributed by atoms with Crippen LogP contribution in [0.2, 0.25) is 0 Å². The fraction of sp³-hybridized carbons (Fsp3) is 0.278. The van der Waals surface area contributed by atoms with Crippen LogP contribution < -0.4 is 5.32 Å². The summed E-state index contributed by atoms with van der Waals surface area (Å²) in [5.41, 5.74) is 1.22. The van der Waals surface area contributed by atoms with Crippen molar-refractivity contribution in [2.24, 2.45) is 0 Å². The zero-order valence-electron chi connectivity index (χ0n) is 14.2. The van der Waals surface area contributed by atoms with E-state index in [9.17, 15) is 9.59 Å². The molecule has 25 heavy (non-hydrogen) atoms. The van der Waals surface area contributed by atoms with Crippen molar-refractivity contribution in [2.75, 3.05) is 6.54 Å². The van der Waals surface area contributed by atoms with Crippen LogP contribution in [0.4, 0.5) is 0 Å². The summed E-state index contributed by atoms with van der Waals surface area (Å²) in [5, 5.41) is 6.43. The highest BCUT2D eigenvalue weighted by molar-refractivity contribution is 7.98. The second-order valence-corrected chi connectivity index (χ2v) is 6.32. The molecule has 0 aliphatic rings. The number of nitrogens with one attached hydrogen (secondary N) is 1. The summed E-state index contributed by atoms with van der Waals surface area (Å²) in [6, 6.07) is 8.93. The van der Waals surface area contributed by atoms with Gasteiger partial charge >= 0.3 is 5.97 Å². The molecule has 0 saturated carbocycles. The van der Waals surface area contributed by atoms with Gasteiger partial charge in [0.25, 0.3) is 5.91 Å². The predicted octanol–water partition coefficient (Wildman–Crippen LogP) is 3.12. The lowest BCUT2D eigenvalue weighted by Gasteiger charge is -2.14. The Kier molecular flexibility index (Phi) is 6.82.